The lowest BCUT2D eigenvalue weighted by molar-refractivity contribution is 0.258. The quantitative estimate of drug-likeness (QED) is 0.841. The van der Waals surface area contributed by atoms with Crippen LogP contribution in [0.5, 0.6) is 0 Å². The van der Waals surface area contributed by atoms with E-state index in [2.05, 4.69) is 5.32 Å². The molecule has 0 fully saturated rings. The van der Waals surface area contributed by atoms with Crippen molar-refractivity contribution in [1.82, 2.24) is 4.31 Å². The molecule has 2 rings (SSSR count). The molecular formula is C15H24N2O3S. The summed E-state index contributed by atoms with van der Waals surface area (Å²) < 4.78 is 27.4. The van der Waals surface area contributed by atoms with Crippen LogP contribution in [0.25, 0.3) is 0 Å². The first-order valence-electron chi connectivity index (χ1n) is 7.47. The van der Waals surface area contributed by atoms with Gasteiger partial charge in [0.05, 0.1) is 4.90 Å². The fourth-order valence-electron chi connectivity index (χ4n) is 2.73. The largest absolute Gasteiger partial charge is 0.396 e. The average Bonchev–Trinajstić information content (AvgIpc) is 2.46. The molecule has 0 aromatic heterocycles. The fraction of sp³-hybridized carbons (Fsp3) is 0.600. The lowest BCUT2D eigenvalue weighted by atomic mass is 10.0. The van der Waals surface area contributed by atoms with Crippen LogP contribution >= 0.6 is 0 Å². The first-order chi connectivity index (χ1) is 9.98. The van der Waals surface area contributed by atoms with Gasteiger partial charge in [-0.2, -0.15) is 4.31 Å². The number of anilines is 1. The van der Waals surface area contributed by atoms with Gasteiger partial charge < -0.3 is 10.4 Å². The predicted octanol–water partition coefficient (Wildman–Crippen LogP) is 1.83. The molecule has 118 valence electrons. The van der Waals surface area contributed by atoms with Crippen LogP contribution in [0.3, 0.4) is 0 Å². The Morgan fingerprint density at radius 1 is 1.38 bits per heavy atom. The molecule has 0 amide bonds. The third kappa shape index (κ3) is 3.39. The highest BCUT2D eigenvalue weighted by molar-refractivity contribution is 7.89. The topological polar surface area (TPSA) is 69.6 Å². The third-order valence-electron chi connectivity index (χ3n) is 3.75. The smallest absolute Gasteiger partial charge is 0.243 e. The molecule has 0 saturated carbocycles. The number of nitrogens with zero attached hydrogens (tertiary/aromatic N) is 1. The van der Waals surface area contributed by atoms with Crippen LogP contribution in [-0.4, -0.2) is 43.6 Å². The summed E-state index contributed by atoms with van der Waals surface area (Å²) in [6.45, 7) is 4.95. The molecule has 1 aromatic carbocycles. The van der Waals surface area contributed by atoms with Gasteiger partial charge in [0.25, 0.3) is 0 Å². The maximum Gasteiger partial charge on any atom is 0.243 e. The molecule has 1 aliphatic rings. The Kier molecular flexibility index (Phi) is 5.24. The molecule has 0 spiro atoms. The zero-order valence-electron chi connectivity index (χ0n) is 12.7. The molecule has 6 heteroatoms. The van der Waals surface area contributed by atoms with Gasteiger partial charge in [0, 0.05) is 31.4 Å². The van der Waals surface area contributed by atoms with Crippen molar-refractivity contribution >= 4 is 15.7 Å². The van der Waals surface area contributed by atoms with Gasteiger partial charge in [0.2, 0.25) is 10.0 Å². The molecule has 1 heterocycles. The van der Waals surface area contributed by atoms with Gasteiger partial charge >= 0.3 is 0 Å². The second kappa shape index (κ2) is 6.77. The standard InChI is InChI=1S/C15H24N2O3S/c1-12(2)17(10-5-11-18)21(19,20)15-8-3-7-14-13(15)6-4-9-16-14/h3,7-8,12,16,18H,4-6,9-11H2,1-2H3. The van der Waals surface area contributed by atoms with E-state index in [4.69, 9.17) is 5.11 Å². The van der Waals surface area contributed by atoms with Crippen molar-refractivity contribution in [3.8, 4) is 0 Å². The number of sulfonamides is 1. The monoisotopic (exact) mass is 312 g/mol. The number of fused-ring (bicyclic) bond motifs is 1. The van der Waals surface area contributed by atoms with Gasteiger partial charge in [0.1, 0.15) is 0 Å². The van der Waals surface area contributed by atoms with Crippen molar-refractivity contribution in [3.63, 3.8) is 0 Å². The van der Waals surface area contributed by atoms with Crippen molar-refractivity contribution in [2.45, 2.75) is 44.0 Å². The maximum atomic E-state index is 13.0. The first kappa shape index (κ1) is 16.3. The summed E-state index contributed by atoms with van der Waals surface area (Å²) in [7, 11) is -3.53. The molecular weight excluding hydrogens is 288 g/mol. The van der Waals surface area contributed by atoms with Gasteiger partial charge in [-0.1, -0.05) is 6.07 Å². The number of benzene rings is 1. The van der Waals surface area contributed by atoms with Crippen LogP contribution < -0.4 is 5.32 Å². The molecule has 1 aliphatic heterocycles. The maximum absolute atomic E-state index is 13.0. The minimum atomic E-state index is -3.53. The van der Waals surface area contributed by atoms with Crippen LogP contribution in [0.1, 0.15) is 32.3 Å². The molecule has 5 nitrogen and oxygen atoms in total. The van der Waals surface area contributed by atoms with E-state index in [1.165, 1.54) is 4.31 Å². The van der Waals surface area contributed by atoms with Gasteiger partial charge in [0.15, 0.2) is 0 Å². The van der Waals surface area contributed by atoms with E-state index in [-0.39, 0.29) is 12.6 Å². The van der Waals surface area contributed by atoms with E-state index in [0.717, 1.165) is 30.6 Å². The highest BCUT2D eigenvalue weighted by Crippen LogP contribution is 2.31. The minimum Gasteiger partial charge on any atom is -0.396 e. The summed E-state index contributed by atoms with van der Waals surface area (Å²) in [6, 6.07) is 5.28. The Morgan fingerprint density at radius 2 is 2.14 bits per heavy atom. The average molecular weight is 312 g/mol. The molecule has 0 saturated heterocycles. The SMILES string of the molecule is CC(C)N(CCCO)S(=O)(=O)c1cccc2c1CCCN2. The van der Waals surface area contributed by atoms with E-state index < -0.39 is 10.0 Å². The Bertz CT molecular complexity index is 585. The van der Waals surface area contributed by atoms with E-state index in [1.54, 1.807) is 12.1 Å². The van der Waals surface area contributed by atoms with Crippen molar-refractivity contribution < 1.29 is 13.5 Å². The molecule has 0 aliphatic carbocycles. The molecule has 0 bridgehead atoms. The highest BCUT2D eigenvalue weighted by atomic mass is 32.2. The lowest BCUT2D eigenvalue weighted by Crippen LogP contribution is -2.38. The first-order valence-corrected chi connectivity index (χ1v) is 8.91. The third-order valence-corrected chi connectivity index (χ3v) is 5.91. The molecule has 1 aromatic rings. The molecule has 0 radical (unpaired) electrons. The second-order valence-electron chi connectivity index (χ2n) is 5.60. The van der Waals surface area contributed by atoms with Crippen LogP contribution in [0.4, 0.5) is 5.69 Å². The number of rotatable bonds is 6. The van der Waals surface area contributed by atoms with Crippen molar-refractivity contribution in [3.05, 3.63) is 23.8 Å². The van der Waals surface area contributed by atoms with E-state index in [0.29, 0.717) is 17.9 Å². The fourth-order valence-corrected chi connectivity index (χ4v) is 4.68. The minimum absolute atomic E-state index is 0.00675. The van der Waals surface area contributed by atoms with Gasteiger partial charge in [-0.15, -0.1) is 0 Å². The van der Waals surface area contributed by atoms with Crippen molar-refractivity contribution in [2.24, 2.45) is 0 Å². The lowest BCUT2D eigenvalue weighted by Gasteiger charge is -2.28. The number of aliphatic hydroxyl groups is 1. The Labute approximate surface area is 127 Å². The summed E-state index contributed by atoms with van der Waals surface area (Å²) >= 11 is 0. The van der Waals surface area contributed by atoms with E-state index >= 15 is 0 Å². The Hall–Kier alpha value is -1.11. The van der Waals surface area contributed by atoms with Gasteiger partial charge in [-0.05, 0) is 50.8 Å². The summed E-state index contributed by atoms with van der Waals surface area (Å²) in [4.78, 5) is 0.402. The molecule has 21 heavy (non-hydrogen) atoms. The number of aliphatic hydroxyl groups excluding tert-OH is 1. The number of hydrogen-bond acceptors (Lipinski definition) is 4. The van der Waals surface area contributed by atoms with Crippen molar-refractivity contribution in [2.75, 3.05) is 25.0 Å². The normalized spacial score (nSPS) is 15.1. The molecule has 2 N–H and O–H groups in total. The number of hydrogen-bond donors (Lipinski definition) is 2. The zero-order chi connectivity index (χ0) is 15.5. The Morgan fingerprint density at radius 3 is 2.81 bits per heavy atom. The van der Waals surface area contributed by atoms with Crippen molar-refractivity contribution in [1.29, 1.82) is 0 Å². The van der Waals surface area contributed by atoms with E-state index in [9.17, 15) is 8.42 Å². The summed E-state index contributed by atoms with van der Waals surface area (Å²) in [5, 5.41) is 12.3. The number of nitrogens with one attached hydrogen (secondary N) is 1. The second-order valence-corrected chi connectivity index (χ2v) is 7.46. The molecule has 0 unspecified atom stereocenters. The van der Waals surface area contributed by atoms with Gasteiger partial charge in [-0.25, -0.2) is 8.42 Å². The summed E-state index contributed by atoms with van der Waals surface area (Å²) in [5.74, 6) is 0. The zero-order valence-corrected chi connectivity index (χ0v) is 13.5. The Balaban J connectivity index is 2.42. The molecule has 0 atom stereocenters. The van der Waals surface area contributed by atoms with Crippen LogP contribution in [-0.2, 0) is 16.4 Å². The van der Waals surface area contributed by atoms with Crippen LogP contribution in [0.15, 0.2) is 23.1 Å². The predicted molar refractivity (Wildman–Crippen MR) is 84.0 cm³/mol. The van der Waals surface area contributed by atoms with Crippen LogP contribution in [0.2, 0.25) is 0 Å². The van der Waals surface area contributed by atoms with Gasteiger partial charge in [-0.3, -0.25) is 0 Å². The summed E-state index contributed by atoms with van der Waals surface area (Å²) in [5.41, 5.74) is 1.81. The summed E-state index contributed by atoms with van der Waals surface area (Å²) in [6.07, 6.45) is 2.17. The highest BCUT2D eigenvalue weighted by Gasteiger charge is 2.30. The van der Waals surface area contributed by atoms with E-state index in [1.807, 2.05) is 19.9 Å². The van der Waals surface area contributed by atoms with Crippen LogP contribution in [0, 0.1) is 0 Å².